The quantitative estimate of drug-likeness (QED) is 0.657. The van der Waals surface area contributed by atoms with Crippen molar-refractivity contribution in [2.24, 2.45) is 0 Å². The lowest BCUT2D eigenvalue weighted by atomic mass is 9.95. The summed E-state index contributed by atoms with van der Waals surface area (Å²) < 4.78 is 1.63. The molecule has 26 heavy (non-hydrogen) atoms. The molecule has 0 bridgehead atoms. The van der Waals surface area contributed by atoms with Crippen LogP contribution in [0.3, 0.4) is 0 Å². The molecule has 0 saturated carbocycles. The highest BCUT2D eigenvalue weighted by Gasteiger charge is 2.17. The number of amides is 1. The van der Waals surface area contributed by atoms with E-state index in [0.717, 1.165) is 17.5 Å². The predicted octanol–water partition coefficient (Wildman–Crippen LogP) is 2.25. The van der Waals surface area contributed by atoms with Gasteiger partial charge in [-0.05, 0) is 52.2 Å². The number of hydrogen-bond donors (Lipinski definition) is 1. The van der Waals surface area contributed by atoms with E-state index in [2.05, 4.69) is 25.8 Å². The van der Waals surface area contributed by atoms with Gasteiger partial charge in [0.2, 0.25) is 5.91 Å². The van der Waals surface area contributed by atoms with Gasteiger partial charge in [-0.25, -0.2) is 4.68 Å². The number of tetrazole rings is 1. The zero-order valence-corrected chi connectivity index (χ0v) is 14.9. The van der Waals surface area contributed by atoms with Gasteiger partial charge in [0, 0.05) is 36.3 Å². The molecule has 0 unspecified atom stereocenters. The van der Waals surface area contributed by atoms with Gasteiger partial charge in [-0.3, -0.25) is 9.78 Å². The number of rotatable bonds is 8. The standard InChI is InChI=1S/C18H19ClN6O/c19-17-3-1-15(2-4-17)16(12-25-13-22-23-24-25)11-18(26)21-10-7-14-5-8-20-9-6-14/h1-6,8-9,13,16H,7,10-12H2,(H,21,26)/t16-/m0/s1. The Hall–Kier alpha value is -2.80. The first-order valence-corrected chi connectivity index (χ1v) is 8.70. The van der Waals surface area contributed by atoms with Crippen LogP contribution >= 0.6 is 11.6 Å². The summed E-state index contributed by atoms with van der Waals surface area (Å²) in [6, 6.07) is 11.4. The van der Waals surface area contributed by atoms with Crippen molar-refractivity contribution in [3.63, 3.8) is 0 Å². The van der Waals surface area contributed by atoms with Gasteiger partial charge < -0.3 is 5.32 Å². The van der Waals surface area contributed by atoms with E-state index in [-0.39, 0.29) is 11.8 Å². The maximum Gasteiger partial charge on any atom is 0.220 e. The van der Waals surface area contributed by atoms with Crippen LogP contribution in [0.5, 0.6) is 0 Å². The molecule has 8 heteroatoms. The molecule has 3 rings (SSSR count). The lowest BCUT2D eigenvalue weighted by Gasteiger charge is -2.17. The lowest BCUT2D eigenvalue weighted by Crippen LogP contribution is -2.28. The maximum absolute atomic E-state index is 12.4. The number of nitrogens with one attached hydrogen (secondary N) is 1. The van der Waals surface area contributed by atoms with Gasteiger partial charge in [-0.15, -0.1) is 5.10 Å². The Balaban J connectivity index is 1.59. The molecular weight excluding hydrogens is 352 g/mol. The van der Waals surface area contributed by atoms with E-state index >= 15 is 0 Å². The van der Waals surface area contributed by atoms with Crippen molar-refractivity contribution in [2.75, 3.05) is 6.54 Å². The molecule has 3 aromatic rings. The second kappa shape index (κ2) is 9.05. The Morgan fingerprint density at radius 3 is 2.62 bits per heavy atom. The Morgan fingerprint density at radius 1 is 1.15 bits per heavy atom. The third-order valence-electron chi connectivity index (χ3n) is 4.06. The Morgan fingerprint density at radius 2 is 1.92 bits per heavy atom. The van der Waals surface area contributed by atoms with Gasteiger partial charge in [0.25, 0.3) is 0 Å². The summed E-state index contributed by atoms with van der Waals surface area (Å²) in [6.45, 7) is 1.10. The van der Waals surface area contributed by atoms with Gasteiger partial charge in [0.15, 0.2) is 0 Å². The van der Waals surface area contributed by atoms with Crippen LogP contribution in [0.25, 0.3) is 0 Å². The third-order valence-corrected chi connectivity index (χ3v) is 4.31. The van der Waals surface area contributed by atoms with Crippen LogP contribution in [0.2, 0.25) is 5.02 Å². The fraction of sp³-hybridized carbons (Fsp3) is 0.278. The molecular formula is C18H19ClN6O. The molecule has 0 radical (unpaired) electrons. The summed E-state index contributed by atoms with van der Waals surface area (Å²) in [7, 11) is 0. The van der Waals surface area contributed by atoms with Crippen molar-refractivity contribution in [1.82, 2.24) is 30.5 Å². The number of carbonyl (C=O) groups excluding carboxylic acids is 1. The van der Waals surface area contributed by atoms with Crippen LogP contribution < -0.4 is 5.32 Å². The minimum atomic E-state index is -0.0447. The molecule has 1 aromatic carbocycles. The molecule has 0 aliphatic carbocycles. The number of hydrogen-bond acceptors (Lipinski definition) is 5. The summed E-state index contributed by atoms with van der Waals surface area (Å²) in [5.41, 5.74) is 2.16. The molecule has 2 heterocycles. The largest absolute Gasteiger partial charge is 0.356 e. The SMILES string of the molecule is O=C(C[C@@H](Cn1cnnn1)c1ccc(Cl)cc1)NCCc1ccncc1. The molecule has 0 saturated heterocycles. The Bertz CT molecular complexity index is 807. The van der Waals surface area contributed by atoms with E-state index in [1.54, 1.807) is 23.4 Å². The number of halogens is 1. The number of aromatic nitrogens is 5. The van der Waals surface area contributed by atoms with E-state index in [0.29, 0.717) is 24.5 Å². The van der Waals surface area contributed by atoms with Gasteiger partial charge in [-0.2, -0.15) is 0 Å². The Labute approximate surface area is 156 Å². The van der Waals surface area contributed by atoms with Crippen molar-refractivity contribution in [3.8, 4) is 0 Å². The lowest BCUT2D eigenvalue weighted by molar-refractivity contribution is -0.121. The van der Waals surface area contributed by atoms with Gasteiger partial charge in [0.1, 0.15) is 6.33 Å². The summed E-state index contributed by atoms with van der Waals surface area (Å²) in [4.78, 5) is 16.4. The summed E-state index contributed by atoms with van der Waals surface area (Å²) in [5, 5.41) is 14.8. The first kappa shape index (κ1) is 18.0. The van der Waals surface area contributed by atoms with E-state index in [1.165, 1.54) is 0 Å². The summed E-state index contributed by atoms with van der Waals surface area (Å²) in [5.74, 6) is -0.0521. The number of carbonyl (C=O) groups is 1. The van der Waals surface area contributed by atoms with Crippen LogP contribution in [0.4, 0.5) is 0 Å². The average molecular weight is 371 g/mol. The highest BCUT2D eigenvalue weighted by Crippen LogP contribution is 2.23. The fourth-order valence-electron chi connectivity index (χ4n) is 2.70. The first-order valence-electron chi connectivity index (χ1n) is 8.32. The van der Waals surface area contributed by atoms with Gasteiger partial charge in [-0.1, -0.05) is 23.7 Å². The minimum Gasteiger partial charge on any atom is -0.356 e. The van der Waals surface area contributed by atoms with E-state index < -0.39 is 0 Å². The Kier molecular flexibility index (Phi) is 6.27. The predicted molar refractivity (Wildman–Crippen MR) is 97.6 cm³/mol. The first-order chi connectivity index (χ1) is 12.7. The number of pyridine rings is 1. The molecule has 0 spiro atoms. The fourth-order valence-corrected chi connectivity index (χ4v) is 2.83. The van der Waals surface area contributed by atoms with E-state index in [9.17, 15) is 4.79 Å². The van der Waals surface area contributed by atoms with Crippen LogP contribution in [0, 0.1) is 0 Å². The summed E-state index contributed by atoms with van der Waals surface area (Å²) >= 11 is 5.97. The van der Waals surface area contributed by atoms with Crippen LogP contribution in [0.1, 0.15) is 23.5 Å². The van der Waals surface area contributed by atoms with Crippen molar-refractivity contribution in [1.29, 1.82) is 0 Å². The molecule has 134 valence electrons. The van der Waals surface area contributed by atoms with Crippen LogP contribution in [-0.4, -0.2) is 37.6 Å². The second-order valence-electron chi connectivity index (χ2n) is 5.94. The molecule has 0 fully saturated rings. The minimum absolute atomic E-state index is 0.00733. The molecule has 7 nitrogen and oxygen atoms in total. The molecule has 1 amide bonds. The van der Waals surface area contributed by atoms with E-state index in [1.807, 2.05) is 36.4 Å². The topological polar surface area (TPSA) is 85.6 Å². The van der Waals surface area contributed by atoms with Crippen molar-refractivity contribution in [2.45, 2.75) is 25.3 Å². The van der Waals surface area contributed by atoms with Crippen LogP contribution in [0.15, 0.2) is 55.1 Å². The van der Waals surface area contributed by atoms with Crippen molar-refractivity contribution in [3.05, 3.63) is 71.3 Å². The van der Waals surface area contributed by atoms with Crippen molar-refractivity contribution >= 4 is 17.5 Å². The second-order valence-corrected chi connectivity index (χ2v) is 6.38. The third kappa shape index (κ3) is 5.35. The molecule has 0 aliphatic rings. The number of benzene rings is 1. The normalized spacial score (nSPS) is 11.9. The molecule has 1 atom stereocenters. The molecule has 0 aliphatic heterocycles. The molecule has 2 aromatic heterocycles. The number of nitrogens with zero attached hydrogens (tertiary/aromatic N) is 5. The van der Waals surface area contributed by atoms with Crippen molar-refractivity contribution < 1.29 is 4.79 Å². The zero-order valence-electron chi connectivity index (χ0n) is 14.1. The highest BCUT2D eigenvalue weighted by atomic mass is 35.5. The zero-order chi connectivity index (χ0) is 18.2. The molecule has 1 N–H and O–H groups in total. The smallest absolute Gasteiger partial charge is 0.220 e. The van der Waals surface area contributed by atoms with Crippen LogP contribution in [-0.2, 0) is 17.8 Å². The average Bonchev–Trinajstić information content (AvgIpc) is 3.16. The van der Waals surface area contributed by atoms with E-state index in [4.69, 9.17) is 11.6 Å². The van der Waals surface area contributed by atoms with Gasteiger partial charge >= 0.3 is 0 Å². The monoisotopic (exact) mass is 370 g/mol. The van der Waals surface area contributed by atoms with Gasteiger partial charge in [0.05, 0.1) is 6.54 Å². The maximum atomic E-state index is 12.4. The highest BCUT2D eigenvalue weighted by molar-refractivity contribution is 6.30. The summed E-state index contributed by atoms with van der Waals surface area (Å²) in [6.07, 6.45) is 6.16.